The quantitative estimate of drug-likeness (QED) is 0.293. The predicted molar refractivity (Wildman–Crippen MR) is 61.8 cm³/mol. The first-order valence-corrected chi connectivity index (χ1v) is 7.00. The summed E-state index contributed by atoms with van der Waals surface area (Å²) in [4.78, 5) is 14.0. The van der Waals surface area contributed by atoms with Gasteiger partial charge in [-0.05, 0) is 18.4 Å². The zero-order chi connectivity index (χ0) is 12.9. The molecule has 1 heterocycles. The van der Waals surface area contributed by atoms with Crippen LogP contribution in [0.5, 0.6) is 0 Å². The zero-order valence-electron chi connectivity index (χ0n) is 9.29. The molecule has 0 aromatic heterocycles. The van der Waals surface area contributed by atoms with Crippen LogP contribution in [0.4, 0.5) is 0 Å². The van der Waals surface area contributed by atoms with Crippen LogP contribution in [0.15, 0.2) is 5.11 Å². The molecule has 1 fully saturated rings. The minimum Gasteiger partial charge on any atom is -0.368 e. The first-order chi connectivity index (χ1) is 7.92. The first-order valence-electron chi connectivity index (χ1n) is 5.18. The second-order valence-electron chi connectivity index (χ2n) is 4.02. The molecule has 1 unspecified atom stereocenters. The molecular weight excluding hydrogens is 246 g/mol. The van der Waals surface area contributed by atoms with Crippen molar-refractivity contribution in [1.82, 2.24) is 5.32 Å². The largest absolute Gasteiger partial charge is 0.368 e. The highest BCUT2D eigenvalue weighted by atomic mass is 32.2. The number of hydrogen-bond acceptors (Lipinski definition) is 5. The molecule has 0 bridgehead atoms. The Morgan fingerprint density at radius 3 is 2.82 bits per heavy atom. The Morgan fingerprint density at radius 2 is 2.29 bits per heavy atom. The zero-order valence-corrected chi connectivity index (χ0v) is 10.1. The number of primary amides is 1. The number of nitrogens with one attached hydrogen (secondary N) is 1. The van der Waals surface area contributed by atoms with E-state index >= 15 is 0 Å². The average Bonchev–Trinajstić information content (AvgIpc) is 2.23. The van der Waals surface area contributed by atoms with Gasteiger partial charge >= 0.3 is 0 Å². The van der Waals surface area contributed by atoms with Crippen LogP contribution >= 0.6 is 0 Å². The van der Waals surface area contributed by atoms with Gasteiger partial charge in [0.25, 0.3) is 0 Å². The number of carbonyl (C=O) groups excluding carboxylic acids is 1. The molecule has 9 heteroatoms. The van der Waals surface area contributed by atoms with Crippen LogP contribution < -0.4 is 11.1 Å². The number of sulfone groups is 1. The van der Waals surface area contributed by atoms with Gasteiger partial charge in [0, 0.05) is 18.0 Å². The average molecular weight is 261 g/mol. The Morgan fingerprint density at radius 1 is 1.59 bits per heavy atom. The van der Waals surface area contributed by atoms with Crippen molar-refractivity contribution in [2.24, 2.45) is 10.8 Å². The van der Waals surface area contributed by atoms with Crippen molar-refractivity contribution in [2.75, 3.05) is 24.6 Å². The summed E-state index contributed by atoms with van der Waals surface area (Å²) in [7, 11) is -3.24. The predicted octanol–water partition coefficient (Wildman–Crippen LogP) is -0.681. The molecule has 1 rings (SSSR count). The second kappa shape index (κ2) is 5.35. The molecule has 0 spiro atoms. The summed E-state index contributed by atoms with van der Waals surface area (Å²) in [5.74, 6) is -0.882. The highest BCUT2D eigenvalue weighted by Crippen LogP contribution is 2.22. The maximum atomic E-state index is 11.5. The monoisotopic (exact) mass is 261 g/mol. The van der Waals surface area contributed by atoms with Gasteiger partial charge in [0.05, 0.1) is 11.5 Å². The van der Waals surface area contributed by atoms with Crippen molar-refractivity contribution in [1.29, 1.82) is 0 Å². The summed E-state index contributed by atoms with van der Waals surface area (Å²) < 4.78 is 23.1. The van der Waals surface area contributed by atoms with Gasteiger partial charge in [-0.3, -0.25) is 4.79 Å². The van der Waals surface area contributed by atoms with Crippen molar-refractivity contribution in [3.05, 3.63) is 10.4 Å². The Kier molecular flexibility index (Phi) is 4.33. The molecule has 0 radical (unpaired) electrons. The summed E-state index contributed by atoms with van der Waals surface area (Å²) in [6.07, 6.45) is 0.789. The van der Waals surface area contributed by atoms with E-state index in [-0.39, 0.29) is 24.6 Å². The molecule has 0 saturated carbocycles. The van der Waals surface area contributed by atoms with E-state index in [2.05, 4.69) is 15.3 Å². The number of nitrogens with zero attached hydrogens (tertiary/aromatic N) is 3. The lowest BCUT2D eigenvalue weighted by atomic mass is 9.94. The molecule has 8 nitrogen and oxygen atoms in total. The molecule has 1 aliphatic rings. The molecule has 1 atom stereocenters. The number of azide groups is 1. The third kappa shape index (κ3) is 3.58. The molecule has 0 aromatic carbocycles. The lowest BCUT2D eigenvalue weighted by molar-refractivity contribution is -0.124. The lowest BCUT2D eigenvalue weighted by Crippen LogP contribution is -2.62. The Hall–Kier alpha value is -1.31. The van der Waals surface area contributed by atoms with Crippen LogP contribution in [-0.4, -0.2) is 44.5 Å². The maximum absolute atomic E-state index is 11.5. The van der Waals surface area contributed by atoms with Gasteiger partial charge < -0.3 is 11.1 Å². The van der Waals surface area contributed by atoms with Crippen molar-refractivity contribution in [2.45, 2.75) is 18.4 Å². The van der Waals surface area contributed by atoms with Gasteiger partial charge in [-0.15, -0.1) is 0 Å². The lowest BCUT2D eigenvalue weighted by Gasteiger charge is -2.34. The van der Waals surface area contributed by atoms with Gasteiger partial charge in [0.2, 0.25) is 5.91 Å². The summed E-state index contributed by atoms with van der Waals surface area (Å²) >= 11 is 0. The van der Waals surface area contributed by atoms with Crippen LogP contribution in [0.25, 0.3) is 10.4 Å². The van der Waals surface area contributed by atoms with Crippen molar-refractivity contribution in [3.8, 4) is 0 Å². The molecule has 1 aliphatic heterocycles. The van der Waals surface area contributed by atoms with Crippen molar-refractivity contribution >= 4 is 15.7 Å². The standard InChI is InChI=1S/C8H15N5O3S/c9-7(14)8(11-3-4-12-13-10)2-1-5-17(15,16)6-8/h11H,1-6H2,(H2,9,14). The van der Waals surface area contributed by atoms with Crippen LogP contribution in [0.1, 0.15) is 12.8 Å². The fourth-order valence-electron chi connectivity index (χ4n) is 1.92. The minimum atomic E-state index is -3.24. The first kappa shape index (κ1) is 13.8. The molecule has 0 aromatic rings. The molecule has 1 amide bonds. The normalized spacial score (nSPS) is 27.1. The van der Waals surface area contributed by atoms with Gasteiger partial charge in [0.15, 0.2) is 9.84 Å². The highest BCUT2D eigenvalue weighted by Gasteiger charge is 2.43. The number of hydrogen-bond donors (Lipinski definition) is 2. The molecule has 17 heavy (non-hydrogen) atoms. The summed E-state index contributed by atoms with van der Waals surface area (Å²) in [6, 6.07) is 0. The Labute approximate surface area is 99.1 Å². The fraction of sp³-hybridized carbons (Fsp3) is 0.875. The second-order valence-corrected chi connectivity index (χ2v) is 6.21. The van der Waals surface area contributed by atoms with Crippen LogP contribution in [0.2, 0.25) is 0 Å². The van der Waals surface area contributed by atoms with E-state index < -0.39 is 21.3 Å². The smallest absolute Gasteiger partial charge is 0.238 e. The van der Waals surface area contributed by atoms with Crippen molar-refractivity contribution in [3.63, 3.8) is 0 Å². The third-order valence-corrected chi connectivity index (χ3v) is 4.58. The molecule has 3 N–H and O–H groups in total. The van der Waals surface area contributed by atoms with Crippen LogP contribution in [-0.2, 0) is 14.6 Å². The van der Waals surface area contributed by atoms with E-state index in [1.54, 1.807) is 0 Å². The summed E-state index contributed by atoms with van der Waals surface area (Å²) in [6.45, 7) is 0.369. The van der Waals surface area contributed by atoms with Gasteiger partial charge in [-0.25, -0.2) is 8.42 Å². The number of rotatable bonds is 5. The Balaban J connectivity index is 2.75. The fourth-order valence-corrected chi connectivity index (χ4v) is 3.79. The van der Waals surface area contributed by atoms with Gasteiger partial charge in [-0.2, -0.15) is 0 Å². The molecule has 0 aliphatic carbocycles. The minimum absolute atomic E-state index is 0.0834. The molecule has 1 saturated heterocycles. The van der Waals surface area contributed by atoms with Crippen LogP contribution in [0, 0.1) is 0 Å². The highest BCUT2D eigenvalue weighted by molar-refractivity contribution is 7.91. The Bertz CT molecular complexity index is 442. The third-order valence-electron chi connectivity index (χ3n) is 2.74. The number of nitrogens with two attached hydrogens (primary N) is 1. The summed E-state index contributed by atoms with van der Waals surface area (Å²) in [5.41, 5.74) is 12.2. The maximum Gasteiger partial charge on any atom is 0.238 e. The SMILES string of the molecule is [N-]=[N+]=NCCNC1(C(N)=O)CCCS(=O)(=O)C1. The molecule has 96 valence electrons. The van der Waals surface area contributed by atoms with E-state index in [1.807, 2.05) is 0 Å². The van der Waals surface area contributed by atoms with E-state index in [4.69, 9.17) is 11.3 Å². The summed E-state index contributed by atoms with van der Waals surface area (Å²) in [5, 5.41) is 6.11. The van der Waals surface area contributed by atoms with E-state index in [1.165, 1.54) is 0 Å². The van der Waals surface area contributed by atoms with Crippen LogP contribution in [0.3, 0.4) is 0 Å². The molecular formula is C8H15N5O3S. The number of amides is 1. The van der Waals surface area contributed by atoms with Gasteiger partial charge in [-0.1, -0.05) is 5.11 Å². The van der Waals surface area contributed by atoms with Gasteiger partial charge in [0.1, 0.15) is 5.54 Å². The number of carbonyl (C=O) groups is 1. The van der Waals surface area contributed by atoms with E-state index in [0.29, 0.717) is 12.8 Å². The topological polar surface area (TPSA) is 138 Å². The van der Waals surface area contributed by atoms with E-state index in [0.717, 1.165) is 0 Å². The van der Waals surface area contributed by atoms with E-state index in [9.17, 15) is 13.2 Å². The van der Waals surface area contributed by atoms with Crippen molar-refractivity contribution < 1.29 is 13.2 Å².